The Hall–Kier alpha value is -2.25. The molecule has 3 rings (SSSR count). The van der Waals surface area contributed by atoms with Crippen molar-refractivity contribution < 1.29 is 4.79 Å². The van der Waals surface area contributed by atoms with Crippen molar-refractivity contribution in [1.29, 1.82) is 0 Å². The van der Waals surface area contributed by atoms with E-state index in [1.165, 1.54) is 5.56 Å². The number of rotatable bonds is 7. The summed E-state index contributed by atoms with van der Waals surface area (Å²) in [5.41, 5.74) is 2.82. The fraction of sp³-hybridized carbons (Fsp3) is 0.421. The molecular weight excluding hydrogens is 346 g/mol. The van der Waals surface area contributed by atoms with Crippen molar-refractivity contribution in [3.63, 3.8) is 0 Å². The molecule has 1 aromatic carbocycles. The molecule has 0 bridgehead atoms. The van der Waals surface area contributed by atoms with E-state index in [1.54, 1.807) is 33.2 Å². The summed E-state index contributed by atoms with van der Waals surface area (Å²) < 4.78 is 2.85. The van der Waals surface area contributed by atoms with Gasteiger partial charge in [-0.2, -0.15) is 5.10 Å². The van der Waals surface area contributed by atoms with E-state index in [9.17, 15) is 4.79 Å². The summed E-state index contributed by atoms with van der Waals surface area (Å²) in [6.45, 7) is 6.14. The molecule has 0 fully saturated rings. The monoisotopic (exact) mass is 371 g/mol. The Morgan fingerprint density at radius 1 is 1.19 bits per heavy atom. The minimum absolute atomic E-state index is 0.0547. The number of fused-ring (bicyclic) bond motifs is 1. The quantitative estimate of drug-likeness (QED) is 0.640. The lowest BCUT2D eigenvalue weighted by Gasteiger charge is -2.22. The van der Waals surface area contributed by atoms with Gasteiger partial charge in [0.2, 0.25) is 0 Å². The number of nitrogens with zero attached hydrogens (tertiary/aromatic N) is 5. The van der Waals surface area contributed by atoms with Crippen LogP contribution in [0.2, 0.25) is 0 Å². The van der Waals surface area contributed by atoms with Crippen LogP contribution in [0.25, 0.3) is 10.2 Å². The number of thiazole rings is 1. The first-order chi connectivity index (χ1) is 12.5. The third kappa shape index (κ3) is 3.78. The Balaban J connectivity index is 1.99. The zero-order valence-electron chi connectivity index (χ0n) is 15.8. The summed E-state index contributed by atoms with van der Waals surface area (Å²) in [5, 5.41) is 4.97. The minimum Gasteiger partial charge on any atom is -0.308 e. The van der Waals surface area contributed by atoms with Gasteiger partial charge in [-0.15, -0.1) is 0 Å². The molecule has 138 valence electrons. The first kappa shape index (κ1) is 18.5. The maximum Gasteiger partial charge on any atom is 0.278 e. The highest BCUT2D eigenvalue weighted by Gasteiger charge is 2.24. The normalized spacial score (nSPS) is 11.4. The van der Waals surface area contributed by atoms with Crippen molar-refractivity contribution in [3.05, 3.63) is 41.7 Å². The molecule has 0 saturated heterocycles. The Morgan fingerprint density at radius 3 is 2.69 bits per heavy atom. The molecule has 2 aromatic heterocycles. The van der Waals surface area contributed by atoms with Crippen LogP contribution in [0.15, 0.2) is 30.5 Å². The SMILES string of the molecule is CCc1ccc2nc(N(CCN(C)C)C(=O)c3ccnn3CC)sc2c1. The van der Waals surface area contributed by atoms with Crippen LogP contribution in [0.1, 0.15) is 29.9 Å². The average molecular weight is 372 g/mol. The number of aromatic nitrogens is 3. The Morgan fingerprint density at radius 2 is 2.00 bits per heavy atom. The lowest BCUT2D eigenvalue weighted by Crippen LogP contribution is -2.37. The van der Waals surface area contributed by atoms with Gasteiger partial charge in [0, 0.05) is 25.8 Å². The van der Waals surface area contributed by atoms with Crippen molar-refractivity contribution in [2.75, 3.05) is 32.1 Å². The maximum atomic E-state index is 13.2. The van der Waals surface area contributed by atoms with Crippen LogP contribution in [-0.4, -0.2) is 52.8 Å². The first-order valence-corrected chi connectivity index (χ1v) is 9.73. The second-order valence-corrected chi connectivity index (χ2v) is 7.45. The van der Waals surface area contributed by atoms with Crippen molar-refractivity contribution in [2.45, 2.75) is 26.8 Å². The number of aryl methyl sites for hydroxylation is 2. The highest BCUT2D eigenvalue weighted by molar-refractivity contribution is 7.22. The number of hydrogen-bond donors (Lipinski definition) is 0. The van der Waals surface area contributed by atoms with Gasteiger partial charge in [0.15, 0.2) is 5.13 Å². The maximum absolute atomic E-state index is 13.2. The lowest BCUT2D eigenvalue weighted by atomic mass is 10.2. The van der Waals surface area contributed by atoms with Crippen LogP contribution in [-0.2, 0) is 13.0 Å². The second-order valence-electron chi connectivity index (χ2n) is 6.44. The fourth-order valence-electron chi connectivity index (χ4n) is 2.78. The Labute approximate surface area is 158 Å². The van der Waals surface area contributed by atoms with E-state index in [2.05, 4.69) is 29.1 Å². The third-order valence-electron chi connectivity index (χ3n) is 4.33. The van der Waals surface area contributed by atoms with E-state index >= 15 is 0 Å². The minimum atomic E-state index is -0.0547. The van der Waals surface area contributed by atoms with Crippen LogP contribution in [0.4, 0.5) is 5.13 Å². The van der Waals surface area contributed by atoms with Gasteiger partial charge < -0.3 is 4.90 Å². The molecule has 0 aliphatic carbocycles. The standard InChI is InChI=1S/C19H25N5OS/c1-5-14-7-8-15-17(13-14)26-19(21-15)23(12-11-22(3)4)18(25)16-9-10-20-24(16)6-2/h7-10,13H,5-6,11-12H2,1-4H3. The van der Waals surface area contributed by atoms with Gasteiger partial charge in [-0.25, -0.2) is 4.98 Å². The molecule has 7 heteroatoms. The van der Waals surface area contributed by atoms with E-state index in [-0.39, 0.29) is 5.91 Å². The molecule has 0 radical (unpaired) electrons. The average Bonchev–Trinajstić information content (AvgIpc) is 3.27. The molecule has 0 atom stereocenters. The van der Waals surface area contributed by atoms with E-state index in [0.29, 0.717) is 18.8 Å². The number of benzene rings is 1. The molecule has 0 saturated carbocycles. The van der Waals surface area contributed by atoms with Crippen molar-refractivity contribution in [2.24, 2.45) is 0 Å². The lowest BCUT2D eigenvalue weighted by molar-refractivity contribution is 0.0975. The van der Waals surface area contributed by atoms with Crippen LogP contribution in [0.5, 0.6) is 0 Å². The van der Waals surface area contributed by atoms with Gasteiger partial charge in [0.25, 0.3) is 5.91 Å². The van der Waals surface area contributed by atoms with Gasteiger partial charge in [0.05, 0.1) is 10.2 Å². The van der Waals surface area contributed by atoms with Gasteiger partial charge >= 0.3 is 0 Å². The summed E-state index contributed by atoms with van der Waals surface area (Å²) >= 11 is 1.57. The van der Waals surface area contributed by atoms with Crippen LogP contribution >= 0.6 is 11.3 Å². The van der Waals surface area contributed by atoms with Crippen LogP contribution in [0, 0.1) is 0 Å². The molecule has 1 amide bonds. The van der Waals surface area contributed by atoms with E-state index < -0.39 is 0 Å². The zero-order valence-corrected chi connectivity index (χ0v) is 16.6. The van der Waals surface area contributed by atoms with Crippen molar-refractivity contribution in [1.82, 2.24) is 19.7 Å². The Kier molecular flexibility index (Phi) is 5.68. The van der Waals surface area contributed by atoms with Crippen LogP contribution < -0.4 is 4.90 Å². The highest BCUT2D eigenvalue weighted by atomic mass is 32.1. The predicted molar refractivity (Wildman–Crippen MR) is 107 cm³/mol. The second kappa shape index (κ2) is 7.97. The topological polar surface area (TPSA) is 54.3 Å². The molecule has 0 aliphatic rings. The van der Waals surface area contributed by atoms with Gasteiger partial charge in [-0.05, 0) is 51.2 Å². The number of likely N-dealkylation sites (N-methyl/N-ethyl adjacent to an activating group) is 1. The van der Waals surface area contributed by atoms with Gasteiger partial charge in [0.1, 0.15) is 5.69 Å². The summed E-state index contributed by atoms with van der Waals surface area (Å²) in [6, 6.07) is 8.08. The number of hydrogen-bond acceptors (Lipinski definition) is 5. The first-order valence-electron chi connectivity index (χ1n) is 8.91. The molecule has 0 unspecified atom stereocenters. The zero-order chi connectivity index (χ0) is 18.7. The Bertz CT molecular complexity index is 898. The van der Waals surface area contributed by atoms with Gasteiger partial charge in [-0.1, -0.05) is 24.3 Å². The molecule has 26 heavy (non-hydrogen) atoms. The summed E-state index contributed by atoms with van der Waals surface area (Å²) in [7, 11) is 4.01. The smallest absolute Gasteiger partial charge is 0.278 e. The van der Waals surface area contributed by atoms with Crippen molar-refractivity contribution in [3.8, 4) is 0 Å². The highest BCUT2D eigenvalue weighted by Crippen LogP contribution is 2.30. The molecular formula is C19H25N5OS. The van der Waals surface area contributed by atoms with E-state index in [0.717, 1.165) is 28.3 Å². The number of anilines is 1. The summed E-state index contributed by atoms with van der Waals surface area (Å²) in [6.07, 6.45) is 2.66. The molecule has 3 aromatic rings. The number of carbonyl (C=O) groups excluding carboxylic acids is 1. The fourth-order valence-corrected chi connectivity index (χ4v) is 3.83. The van der Waals surface area contributed by atoms with E-state index in [4.69, 9.17) is 4.98 Å². The molecule has 6 nitrogen and oxygen atoms in total. The van der Waals surface area contributed by atoms with Crippen molar-refractivity contribution >= 4 is 32.6 Å². The molecule has 0 N–H and O–H groups in total. The molecule has 2 heterocycles. The number of amides is 1. The molecule has 0 aliphatic heterocycles. The summed E-state index contributed by atoms with van der Waals surface area (Å²) in [5.74, 6) is -0.0547. The number of carbonyl (C=O) groups is 1. The predicted octanol–water partition coefficient (Wildman–Crippen LogP) is 3.28. The van der Waals surface area contributed by atoms with E-state index in [1.807, 2.05) is 27.1 Å². The molecule has 0 spiro atoms. The third-order valence-corrected chi connectivity index (χ3v) is 5.37. The largest absolute Gasteiger partial charge is 0.308 e. The van der Waals surface area contributed by atoms with Crippen LogP contribution in [0.3, 0.4) is 0 Å². The summed E-state index contributed by atoms with van der Waals surface area (Å²) in [4.78, 5) is 21.8. The van der Waals surface area contributed by atoms with Gasteiger partial charge in [-0.3, -0.25) is 14.4 Å².